The van der Waals surface area contributed by atoms with Crippen LogP contribution in [0.3, 0.4) is 0 Å². The van der Waals surface area contributed by atoms with E-state index in [1.165, 1.54) is 57.6 Å². The Morgan fingerprint density at radius 3 is 2.23 bits per heavy atom. The summed E-state index contributed by atoms with van der Waals surface area (Å²) in [7, 11) is -3.00. The molecule has 1 N–H and O–H groups in total. The Hall–Kier alpha value is -0.830. The van der Waals surface area contributed by atoms with Gasteiger partial charge in [-0.3, -0.25) is 0 Å². The van der Waals surface area contributed by atoms with Crippen molar-refractivity contribution in [2.45, 2.75) is 70.6 Å². The van der Waals surface area contributed by atoms with Gasteiger partial charge in [-0.25, -0.2) is 13.4 Å². The Labute approximate surface area is 200 Å². The van der Waals surface area contributed by atoms with Gasteiger partial charge in [0.15, 0.2) is 15.8 Å². The fraction of sp³-hybridized carbons (Fsp3) is 0.696. The third-order valence-electron chi connectivity index (χ3n) is 6.32. The molecule has 1 saturated heterocycles. The van der Waals surface area contributed by atoms with Gasteiger partial charge in [0, 0.05) is 25.9 Å². The maximum Gasteiger partial charge on any atom is 0.194 e. The summed E-state index contributed by atoms with van der Waals surface area (Å²) in [6.45, 7) is 5.83. The van der Waals surface area contributed by atoms with Gasteiger partial charge in [-0.05, 0) is 49.1 Å². The van der Waals surface area contributed by atoms with Crippen LogP contribution in [0.2, 0.25) is 0 Å². The van der Waals surface area contributed by atoms with E-state index < -0.39 is 9.84 Å². The number of rotatable bonds is 5. The van der Waals surface area contributed by atoms with E-state index in [9.17, 15) is 8.42 Å². The van der Waals surface area contributed by atoms with E-state index in [0.29, 0.717) is 12.0 Å². The van der Waals surface area contributed by atoms with E-state index in [1.807, 2.05) is 24.3 Å². The van der Waals surface area contributed by atoms with Gasteiger partial charge in [-0.2, -0.15) is 0 Å². The highest BCUT2D eigenvalue weighted by Gasteiger charge is 2.36. The zero-order valence-electron chi connectivity index (χ0n) is 18.5. The molecule has 0 radical (unpaired) electrons. The number of nitrogens with one attached hydrogen (secondary N) is 1. The molecule has 1 aliphatic heterocycles. The molecule has 2 aliphatic rings. The molecule has 1 spiro atoms. The Bertz CT molecular complexity index is 785. The van der Waals surface area contributed by atoms with Crippen molar-refractivity contribution >= 4 is 39.8 Å². The number of guanidine groups is 1. The second kappa shape index (κ2) is 11.7. The minimum atomic E-state index is -3.00. The molecular weight excluding hydrogens is 509 g/mol. The molecule has 1 saturated carbocycles. The second-order valence-corrected chi connectivity index (χ2v) is 11.1. The van der Waals surface area contributed by atoms with Crippen molar-refractivity contribution in [2.75, 3.05) is 25.9 Å². The maximum absolute atomic E-state index is 11.5. The quantitative estimate of drug-likeness (QED) is 0.329. The molecule has 3 rings (SSSR count). The van der Waals surface area contributed by atoms with Gasteiger partial charge in [0.2, 0.25) is 0 Å². The summed E-state index contributed by atoms with van der Waals surface area (Å²) in [5, 5.41) is 3.50. The Morgan fingerprint density at radius 1 is 1.03 bits per heavy atom. The molecular formula is C23H38IN3O2S. The van der Waals surface area contributed by atoms with Gasteiger partial charge in [0.1, 0.15) is 0 Å². The van der Waals surface area contributed by atoms with Crippen LogP contribution >= 0.6 is 24.0 Å². The number of halogens is 1. The molecule has 1 aliphatic carbocycles. The highest BCUT2D eigenvalue weighted by Crippen LogP contribution is 2.42. The third-order valence-corrected chi connectivity index (χ3v) is 7.18. The molecule has 5 nitrogen and oxygen atoms in total. The van der Waals surface area contributed by atoms with Crippen LogP contribution in [0.4, 0.5) is 0 Å². The Kier molecular flexibility index (Phi) is 9.91. The van der Waals surface area contributed by atoms with Gasteiger partial charge >= 0.3 is 0 Å². The first kappa shape index (κ1) is 25.4. The average molecular weight is 548 g/mol. The zero-order valence-corrected chi connectivity index (χ0v) is 21.7. The van der Waals surface area contributed by atoms with Crippen LogP contribution in [0.1, 0.15) is 69.4 Å². The summed E-state index contributed by atoms with van der Waals surface area (Å²) in [4.78, 5) is 7.41. The van der Waals surface area contributed by atoms with E-state index in [2.05, 4.69) is 17.1 Å². The second-order valence-electron chi connectivity index (χ2n) is 9.00. The van der Waals surface area contributed by atoms with Crippen molar-refractivity contribution in [3.05, 3.63) is 35.4 Å². The molecule has 7 heteroatoms. The van der Waals surface area contributed by atoms with E-state index in [-0.39, 0.29) is 29.7 Å². The maximum atomic E-state index is 11.5. The summed E-state index contributed by atoms with van der Waals surface area (Å²) in [6.07, 6.45) is 12.2. The number of aliphatic imine (C=N–C) groups is 1. The summed E-state index contributed by atoms with van der Waals surface area (Å²) in [5.74, 6) is 1.12. The van der Waals surface area contributed by atoms with Crippen LogP contribution < -0.4 is 5.32 Å². The number of nitrogens with zero attached hydrogens (tertiary/aromatic N) is 2. The zero-order chi connectivity index (χ0) is 20.7. The summed E-state index contributed by atoms with van der Waals surface area (Å²) >= 11 is 0. The Morgan fingerprint density at radius 2 is 1.63 bits per heavy atom. The summed E-state index contributed by atoms with van der Waals surface area (Å²) < 4.78 is 22.9. The van der Waals surface area contributed by atoms with E-state index in [1.54, 1.807) is 0 Å². The fourth-order valence-corrected chi connectivity index (χ4v) is 5.71. The van der Waals surface area contributed by atoms with E-state index in [0.717, 1.165) is 36.7 Å². The number of benzene rings is 1. The van der Waals surface area contributed by atoms with Crippen LogP contribution in [-0.4, -0.2) is 45.2 Å². The minimum Gasteiger partial charge on any atom is -0.357 e. The lowest BCUT2D eigenvalue weighted by atomic mass is 9.74. The number of sulfone groups is 1. The first-order chi connectivity index (χ1) is 13.9. The number of hydrogen-bond acceptors (Lipinski definition) is 3. The van der Waals surface area contributed by atoms with Crippen LogP contribution in [-0.2, 0) is 22.1 Å². The lowest BCUT2D eigenvalue weighted by molar-refractivity contribution is 0.115. The molecule has 0 bridgehead atoms. The number of likely N-dealkylation sites (tertiary alicyclic amines) is 1. The predicted octanol–water partition coefficient (Wildman–Crippen LogP) is 4.75. The highest BCUT2D eigenvalue weighted by atomic mass is 127. The van der Waals surface area contributed by atoms with Crippen molar-refractivity contribution in [3.63, 3.8) is 0 Å². The molecule has 2 fully saturated rings. The lowest BCUT2D eigenvalue weighted by Crippen LogP contribution is -2.50. The van der Waals surface area contributed by atoms with Gasteiger partial charge < -0.3 is 10.2 Å². The molecule has 30 heavy (non-hydrogen) atoms. The summed E-state index contributed by atoms with van der Waals surface area (Å²) in [5.41, 5.74) is 2.43. The van der Waals surface area contributed by atoms with Crippen LogP contribution in [0, 0.1) is 5.41 Å². The normalized spacial score (nSPS) is 19.8. The average Bonchev–Trinajstić information content (AvgIpc) is 2.90. The van der Waals surface area contributed by atoms with Crippen LogP contribution in [0.15, 0.2) is 29.3 Å². The third kappa shape index (κ3) is 7.70. The van der Waals surface area contributed by atoms with Crippen molar-refractivity contribution in [1.29, 1.82) is 0 Å². The van der Waals surface area contributed by atoms with Gasteiger partial charge in [0.25, 0.3) is 0 Å². The molecule has 0 atom stereocenters. The van der Waals surface area contributed by atoms with Crippen LogP contribution in [0.5, 0.6) is 0 Å². The van der Waals surface area contributed by atoms with Crippen molar-refractivity contribution < 1.29 is 8.42 Å². The molecule has 1 aromatic rings. The lowest BCUT2D eigenvalue weighted by Gasteiger charge is -2.44. The van der Waals surface area contributed by atoms with Gasteiger partial charge in [-0.1, -0.05) is 49.9 Å². The smallest absolute Gasteiger partial charge is 0.194 e. The number of piperidine rings is 1. The topological polar surface area (TPSA) is 61.8 Å². The predicted molar refractivity (Wildman–Crippen MR) is 136 cm³/mol. The molecule has 1 heterocycles. The molecule has 0 unspecified atom stereocenters. The SMILES string of the molecule is CCNC(=NCc1ccc(CS(C)(=O)=O)cc1)N1CCCC2(CCCCCC2)C1.I. The first-order valence-electron chi connectivity index (χ1n) is 11.2. The van der Waals surface area contributed by atoms with Crippen molar-refractivity contribution in [3.8, 4) is 0 Å². The monoisotopic (exact) mass is 547 g/mol. The van der Waals surface area contributed by atoms with E-state index in [4.69, 9.17) is 4.99 Å². The first-order valence-corrected chi connectivity index (χ1v) is 13.2. The molecule has 170 valence electrons. The van der Waals surface area contributed by atoms with Gasteiger partial charge in [-0.15, -0.1) is 24.0 Å². The van der Waals surface area contributed by atoms with E-state index >= 15 is 0 Å². The largest absolute Gasteiger partial charge is 0.357 e. The van der Waals surface area contributed by atoms with Crippen LogP contribution in [0.25, 0.3) is 0 Å². The molecule has 0 amide bonds. The molecule has 0 aromatic heterocycles. The fourth-order valence-electron chi connectivity index (χ4n) is 4.91. The highest BCUT2D eigenvalue weighted by molar-refractivity contribution is 14.0. The Balaban J connectivity index is 0.00000320. The standard InChI is InChI=1S/C23H37N3O2S.HI/c1-3-24-22(25-17-20-9-11-21(12-10-20)18-29(2,27)28)26-16-8-15-23(19-26)13-6-4-5-7-14-23;/h9-12H,3-8,13-19H2,1-2H3,(H,24,25);1H. The van der Waals surface area contributed by atoms with Crippen molar-refractivity contribution in [2.24, 2.45) is 10.4 Å². The summed E-state index contributed by atoms with van der Waals surface area (Å²) in [6, 6.07) is 7.80. The van der Waals surface area contributed by atoms with Gasteiger partial charge in [0.05, 0.1) is 12.3 Å². The van der Waals surface area contributed by atoms with Crippen molar-refractivity contribution in [1.82, 2.24) is 10.2 Å². The minimum absolute atomic E-state index is 0. The number of hydrogen-bond donors (Lipinski definition) is 1. The molecule has 1 aromatic carbocycles.